The van der Waals surface area contributed by atoms with Gasteiger partial charge < -0.3 is 10.1 Å². The summed E-state index contributed by atoms with van der Waals surface area (Å²) in [5, 5.41) is 11.1. The number of rotatable bonds is 5. The number of hydrogen-bond donors (Lipinski definition) is 1. The maximum atomic E-state index is 11.5. The van der Waals surface area contributed by atoms with Gasteiger partial charge in [0.25, 0.3) is 0 Å². The van der Waals surface area contributed by atoms with Gasteiger partial charge in [-0.3, -0.25) is 9.69 Å². The van der Waals surface area contributed by atoms with Crippen LogP contribution in [0.2, 0.25) is 0 Å². The van der Waals surface area contributed by atoms with Crippen LogP contribution in [0.1, 0.15) is 19.8 Å². The van der Waals surface area contributed by atoms with Gasteiger partial charge in [-0.25, -0.2) is 0 Å². The molecule has 1 aliphatic heterocycles. The minimum Gasteiger partial charge on any atom is -0.376 e. The molecule has 0 radical (unpaired) electrons. The average molecular weight is 225 g/mol. The van der Waals surface area contributed by atoms with Crippen LogP contribution in [0.3, 0.4) is 0 Å². The van der Waals surface area contributed by atoms with E-state index in [-0.39, 0.29) is 12.0 Å². The Balaban J connectivity index is 2.20. The van der Waals surface area contributed by atoms with E-state index in [9.17, 15) is 4.79 Å². The van der Waals surface area contributed by atoms with Crippen LogP contribution >= 0.6 is 0 Å². The highest BCUT2D eigenvalue weighted by molar-refractivity contribution is 5.78. The van der Waals surface area contributed by atoms with Crippen molar-refractivity contribution in [1.29, 1.82) is 5.26 Å². The first-order chi connectivity index (χ1) is 7.76. The summed E-state index contributed by atoms with van der Waals surface area (Å²) in [4.78, 5) is 13.6. The molecule has 0 unspecified atom stereocenters. The van der Waals surface area contributed by atoms with Crippen molar-refractivity contribution in [2.45, 2.75) is 25.9 Å². The zero-order chi connectivity index (χ0) is 11.8. The van der Waals surface area contributed by atoms with Crippen molar-refractivity contribution in [3.63, 3.8) is 0 Å². The van der Waals surface area contributed by atoms with Crippen molar-refractivity contribution in [3.05, 3.63) is 0 Å². The third kappa shape index (κ3) is 4.60. The molecule has 0 aromatic carbocycles. The summed E-state index contributed by atoms with van der Waals surface area (Å²) in [7, 11) is 0. The van der Waals surface area contributed by atoms with E-state index in [1.54, 1.807) is 0 Å². The van der Waals surface area contributed by atoms with Gasteiger partial charge in [0.2, 0.25) is 5.91 Å². The minimum atomic E-state index is -0.00740. The monoisotopic (exact) mass is 225 g/mol. The molecule has 16 heavy (non-hydrogen) atoms. The lowest BCUT2D eigenvalue weighted by molar-refractivity contribution is -0.124. The number of morpholine rings is 1. The van der Waals surface area contributed by atoms with E-state index in [0.29, 0.717) is 26.1 Å². The second-order valence-electron chi connectivity index (χ2n) is 3.89. The second-order valence-corrected chi connectivity index (χ2v) is 3.89. The highest BCUT2D eigenvalue weighted by Crippen LogP contribution is 2.07. The fraction of sp³-hybridized carbons (Fsp3) is 0.818. The van der Waals surface area contributed by atoms with E-state index in [1.165, 1.54) is 0 Å². The highest BCUT2D eigenvalue weighted by atomic mass is 16.5. The molecule has 90 valence electrons. The van der Waals surface area contributed by atoms with Gasteiger partial charge in [-0.2, -0.15) is 5.26 Å². The summed E-state index contributed by atoms with van der Waals surface area (Å²) >= 11 is 0. The van der Waals surface area contributed by atoms with Crippen LogP contribution in [-0.2, 0) is 9.53 Å². The van der Waals surface area contributed by atoms with Crippen molar-refractivity contribution >= 4 is 5.91 Å². The van der Waals surface area contributed by atoms with Gasteiger partial charge in [-0.05, 0) is 6.42 Å². The average Bonchev–Trinajstić information content (AvgIpc) is 2.29. The van der Waals surface area contributed by atoms with E-state index in [2.05, 4.69) is 17.1 Å². The van der Waals surface area contributed by atoms with Crippen LogP contribution in [0.5, 0.6) is 0 Å². The quantitative estimate of drug-likeness (QED) is 0.675. The van der Waals surface area contributed by atoms with Crippen LogP contribution in [0, 0.1) is 11.3 Å². The number of amides is 1. The fourth-order valence-electron chi connectivity index (χ4n) is 1.69. The molecular formula is C11H19N3O2. The molecule has 0 saturated carbocycles. The third-order valence-corrected chi connectivity index (χ3v) is 2.60. The van der Waals surface area contributed by atoms with Crippen LogP contribution in [-0.4, -0.2) is 49.7 Å². The summed E-state index contributed by atoms with van der Waals surface area (Å²) in [6, 6.07) is 1.99. The van der Waals surface area contributed by atoms with Crippen molar-refractivity contribution in [1.82, 2.24) is 10.2 Å². The molecular weight excluding hydrogens is 206 g/mol. The van der Waals surface area contributed by atoms with Gasteiger partial charge in [-0.1, -0.05) is 6.92 Å². The van der Waals surface area contributed by atoms with Gasteiger partial charge in [0, 0.05) is 19.6 Å². The van der Waals surface area contributed by atoms with Crippen LogP contribution in [0.15, 0.2) is 0 Å². The molecule has 5 heteroatoms. The molecule has 1 atom stereocenters. The first kappa shape index (κ1) is 12.9. The number of nitrogens with one attached hydrogen (secondary N) is 1. The van der Waals surface area contributed by atoms with E-state index in [1.807, 2.05) is 6.07 Å². The number of ether oxygens (including phenoxy) is 1. The molecule has 1 heterocycles. The summed E-state index contributed by atoms with van der Waals surface area (Å²) in [5.74, 6) is -0.00740. The van der Waals surface area contributed by atoms with Crippen molar-refractivity contribution in [2.24, 2.45) is 0 Å². The molecule has 5 nitrogen and oxygen atoms in total. The molecule has 0 bridgehead atoms. The normalized spacial score (nSPS) is 21.4. The molecule has 1 N–H and O–H groups in total. The highest BCUT2D eigenvalue weighted by Gasteiger charge is 2.20. The molecule has 0 aromatic heterocycles. The van der Waals surface area contributed by atoms with Gasteiger partial charge in [0.05, 0.1) is 31.7 Å². The zero-order valence-electron chi connectivity index (χ0n) is 9.74. The number of nitrogens with zero attached hydrogens (tertiary/aromatic N) is 2. The largest absolute Gasteiger partial charge is 0.376 e. The van der Waals surface area contributed by atoms with Gasteiger partial charge >= 0.3 is 0 Å². The lowest BCUT2D eigenvalue weighted by Crippen LogP contribution is -2.46. The first-order valence-corrected chi connectivity index (χ1v) is 5.74. The van der Waals surface area contributed by atoms with Crippen LogP contribution in [0.25, 0.3) is 0 Å². The van der Waals surface area contributed by atoms with Crippen LogP contribution in [0.4, 0.5) is 0 Å². The Bertz CT molecular complexity index is 262. The Kier molecular flexibility index (Phi) is 5.83. The Morgan fingerprint density at radius 1 is 1.69 bits per heavy atom. The van der Waals surface area contributed by atoms with Crippen LogP contribution < -0.4 is 5.32 Å². The van der Waals surface area contributed by atoms with Gasteiger partial charge in [0.15, 0.2) is 0 Å². The number of hydrogen-bond acceptors (Lipinski definition) is 4. The van der Waals surface area contributed by atoms with E-state index < -0.39 is 0 Å². The molecule has 1 aliphatic rings. The van der Waals surface area contributed by atoms with Crippen molar-refractivity contribution in [3.8, 4) is 6.07 Å². The minimum absolute atomic E-state index is 0.00740. The van der Waals surface area contributed by atoms with Gasteiger partial charge in [-0.15, -0.1) is 0 Å². The van der Waals surface area contributed by atoms with E-state index in [4.69, 9.17) is 10.00 Å². The predicted molar refractivity (Wildman–Crippen MR) is 59.7 cm³/mol. The SMILES string of the molecule is CC[C@@H]1CN(CC(=O)NCCC#N)CCO1. The lowest BCUT2D eigenvalue weighted by Gasteiger charge is -2.31. The fourth-order valence-corrected chi connectivity index (χ4v) is 1.69. The molecule has 0 aromatic rings. The third-order valence-electron chi connectivity index (χ3n) is 2.60. The maximum absolute atomic E-state index is 11.5. The Morgan fingerprint density at radius 3 is 3.19 bits per heavy atom. The summed E-state index contributed by atoms with van der Waals surface area (Å²) < 4.78 is 5.52. The molecule has 1 saturated heterocycles. The Morgan fingerprint density at radius 2 is 2.50 bits per heavy atom. The van der Waals surface area contributed by atoms with E-state index in [0.717, 1.165) is 19.5 Å². The molecule has 0 aliphatic carbocycles. The van der Waals surface area contributed by atoms with Crippen molar-refractivity contribution in [2.75, 3.05) is 32.8 Å². The molecule has 1 fully saturated rings. The Labute approximate surface area is 96.4 Å². The Hall–Kier alpha value is -1.12. The second kappa shape index (κ2) is 7.20. The molecule has 0 spiro atoms. The maximum Gasteiger partial charge on any atom is 0.234 e. The number of carbonyl (C=O) groups is 1. The summed E-state index contributed by atoms with van der Waals surface area (Å²) in [5.41, 5.74) is 0. The smallest absolute Gasteiger partial charge is 0.234 e. The zero-order valence-corrected chi connectivity index (χ0v) is 9.74. The van der Waals surface area contributed by atoms with Gasteiger partial charge in [0.1, 0.15) is 0 Å². The predicted octanol–water partition coefficient (Wildman–Crippen LogP) is 0.127. The summed E-state index contributed by atoms with van der Waals surface area (Å²) in [6.45, 7) is 5.26. The molecule has 1 amide bonds. The van der Waals surface area contributed by atoms with Crippen molar-refractivity contribution < 1.29 is 9.53 Å². The number of nitriles is 1. The lowest BCUT2D eigenvalue weighted by atomic mass is 10.2. The number of carbonyl (C=O) groups excluding carboxylic acids is 1. The standard InChI is InChI=1S/C11H19N3O2/c1-2-10-8-14(6-7-16-10)9-11(15)13-5-3-4-12/h10H,2-3,5-9H2,1H3,(H,13,15)/t10-/m1/s1. The molecule has 1 rings (SSSR count). The topological polar surface area (TPSA) is 65.4 Å². The summed E-state index contributed by atoms with van der Waals surface area (Å²) in [6.07, 6.45) is 1.60. The van der Waals surface area contributed by atoms with E-state index >= 15 is 0 Å². The first-order valence-electron chi connectivity index (χ1n) is 5.74.